The molecular weight excluding hydrogens is 269 g/mol. The number of nitrogens with one attached hydrogen (secondary N) is 1. The van der Waals surface area contributed by atoms with E-state index in [1.54, 1.807) is 6.07 Å². The maximum Gasteiger partial charge on any atom is 0.189 e. The third-order valence-electron chi connectivity index (χ3n) is 3.28. The molecule has 1 N–H and O–H groups in total. The second-order valence-corrected chi connectivity index (χ2v) is 4.79. The summed E-state index contributed by atoms with van der Waals surface area (Å²) >= 11 is 0. The van der Waals surface area contributed by atoms with Gasteiger partial charge in [0, 0.05) is 17.7 Å². The highest BCUT2D eigenvalue weighted by molar-refractivity contribution is 5.36. The Morgan fingerprint density at radius 1 is 1.14 bits per heavy atom. The van der Waals surface area contributed by atoms with Crippen molar-refractivity contribution in [2.75, 3.05) is 13.8 Å². The van der Waals surface area contributed by atoms with Crippen molar-refractivity contribution in [1.82, 2.24) is 5.32 Å². The van der Waals surface area contributed by atoms with Gasteiger partial charge in [-0.2, -0.15) is 0 Å². The fourth-order valence-corrected chi connectivity index (χ4v) is 1.99. The minimum atomic E-state index is -0.319. The van der Waals surface area contributed by atoms with Crippen molar-refractivity contribution in [2.24, 2.45) is 0 Å². The van der Waals surface area contributed by atoms with Crippen LogP contribution >= 0.6 is 0 Å². The highest BCUT2D eigenvalue weighted by Crippen LogP contribution is 2.26. The molecule has 2 aromatic rings. The first kappa shape index (κ1) is 15.5. The molecule has 3 nitrogen and oxygen atoms in total. The average Bonchev–Trinajstić information content (AvgIpc) is 2.52. The number of hydrogen-bond donors (Lipinski definition) is 1. The minimum Gasteiger partial charge on any atom is -0.467 e. The molecule has 0 fully saturated rings. The maximum absolute atomic E-state index is 13.3. The van der Waals surface area contributed by atoms with Gasteiger partial charge in [-0.3, -0.25) is 0 Å². The van der Waals surface area contributed by atoms with Crippen molar-refractivity contribution < 1.29 is 13.9 Å². The van der Waals surface area contributed by atoms with E-state index in [1.807, 2.05) is 44.3 Å². The van der Waals surface area contributed by atoms with Gasteiger partial charge in [-0.15, -0.1) is 0 Å². The van der Waals surface area contributed by atoms with Crippen molar-refractivity contribution in [3.63, 3.8) is 0 Å². The summed E-state index contributed by atoms with van der Waals surface area (Å²) in [4.78, 5) is 0. The summed E-state index contributed by atoms with van der Waals surface area (Å²) in [5.41, 5.74) is 1.98. The number of rotatable bonds is 7. The van der Waals surface area contributed by atoms with Crippen LogP contribution in [0.5, 0.6) is 5.75 Å². The van der Waals surface area contributed by atoms with Gasteiger partial charge < -0.3 is 14.8 Å². The van der Waals surface area contributed by atoms with Crippen molar-refractivity contribution in [2.45, 2.75) is 19.6 Å². The lowest BCUT2D eigenvalue weighted by molar-refractivity contribution is 0.00419. The first-order valence-corrected chi connectivity index (χ1v) is 6.92. The highest BCUT2D eigenvalue weighted by Gasteiger charge is 2.11. The smallest absolute Gasteiger partial charge is 0.189 e. The average molecular weight is 289 g/mol. The van der Waals surface area contributed by atoms with Gasteiger partial charge in [0.15, 0.2) is 6.79 Å². The Morgan fingerprint density at radius 3 is 2.62 bits per heavy atom. The number of benzene rings is 2. The van der Waals surface area contributed by atoms with Gasteiger partial charge in [0.05, 0.1) is 6.61 Å². The molecule has 0 aliphatic heterocycles. The van der Waals surface area contributed by atoms with Gasteiger partial charge in [-0.1, -0.05) is 36.4 Å². The molecule has 0 amide bonds. The van der Waals surface area contributed by atoms with Crippen LogP contribution in [0.25, 0.3) is 0 Å². The molecule has 4 heteroatoms. The fourth-order valence-electron chi connectivity index (χ4n) is 1.99. The zero-order valence-corrected chi connectivity index (χ0v) is 12.3. The normalized spacial score (nSPS) is 12.1. The molecule has 2 aromatic carbocycles. The van der Waals surface area contributed by atoms with Crippen molar-refractivity contribution >= 4 is 0 Å². The van der Waals surface area contributed by atoms with Crippen molar-refractivity contribution in [3.8, 4) is 5.75 Å². The van der Waals surface area contributed by atoms with Crippen molar-refractivity contribution in [1.29, 1.82) is 0 Å². The lowest BCUT2D eigenvalue weighted by Gasteiger charge is -2.16. The van der Waals surface area contributed by atoms with Gasteiger partial charge >= 0.3 is 0 Å². The van der Waals surface area contributed by atoms with Crippen LogP contribution in [0.1, 0.15) is 24.1 Å². The zero-order chi connectivity index (χ0) is 15.1. The third-order valence-corrected chi connectivity index (χ3v) is 3.28. The highest BCUT2D eigenvalue weighted by atomic mass is 19.1. The molecule has 0 saturated carbocycles. The molecule has 0 heterocycles. The monoisotopic (exact) mass is 289 g/mol. The number of hydrogen-bond acceptors (Lipinski definition) is 3. The van der Waals surface area contributed by atoms with E-state index in [9.17, 15) is 4.39 Å². The molecule has 112 valence electrons. The third kappa shape index (κ3) is 4.55. The summed E-state index contributed by atoms with van der Waals surface area (Å²) < 4.78 is 24.4. The van der Waals surface area contributed by atoms with Crippen LogP contribution in [0, 0.1) is 5.82 Å². The molecule has 0 aliphatic carbocycles. The van der Waals surface area contributed by atoms with Crippen LogP contribution in [0.2, 0.25) is 0 Å². The summed E-state index contributed by atoms with van der Waals surface area (Å²) in [5, 5.41) is 3.11. The van der Waals surface area contributed by atoms with Crippen LogP contribution < -0.4 is 10.1 Å². The number of ether oxygens (including phenoxy) is 2. The topological polar surface area (TPSA) is 30.5 Å². The van der Waals surface area contributed by atoms with E-state index in [1.165, 1.54) is 12.1 Å². The molecule has 0 spiro atoms. The van der Waals surface area contributed by atoms with Gasteiger partial charge in [0.1, 0.15) is 11.6 Å². The minimum absolute atomic E-state index is 0.0784. The molecule has 21 heavy (non-hydrogen) atoms. The molecule has 2 rings (SSSR count). The van der Waals surface area contributed by atoms with E-state index in [0.717, 1.165) is 11.1 Å². The second-order valence-electron chi connectivity index (χ2n) is 4.79. The van der Waals surface area contributed by atoms with Gasteiger partial charge in [-0.25, -0.2) is 4.39 Å². The van der Waals surface area contributed by atoms with Crippen LogP contribution in [0.15, 0.2) is 48.5 Å². The van der Waals surface area contributed by atoms with E-state index >= 15 is 0 Å². The molecule has 0 bridgehead atoms. The Kier molecular flexibility index (Phi) is 5.72. The molecular formula is C17H20FNO2. The van der Waals surface area contributed by atoms with Gasteiger partial charge in [0.25, 0.3) is 0 Å². The molecule has 0 saturated heterocycles. The van der Waals surface area contributed by atoms with E-state index in [4.69, 9.17) is 9.47 Å². The maximum atomic E-state index is 13.3. The quantitative estimate of drug-likeness (QED) is 0.623. The van der Waals surface area contributed by atoms with E-state index in [-0.39, 0.29) is 18.7 Å². The van der Waals surface area contributed by atoms with E-state index < -0.39 is 0 Å². The summed E-state index contributed by atoms with van der Waals surface area (Å²) in [6, 6.07) is 14.5. The first-order valence-electron chi connectivity index (χ1n) is 6.92. The Hall–Kier alpha value is -1.91. The van der Waals surface area contributed by atoms with Gasteiger partial charge in [0.2, 0.25) is 0 Å². The summed E-state index contributed by atoms with van der Waals surface area (Å²) in [6.45, 7) is 2.54. The molecule has 0 radical (unpaired) electrons. The van der Waals surface area contributed by atoms with Crippen molar-refractivity contribution in [3.05, 3.63) is 65.5 Å². The Morgan fingerprint density at radius 2 is 1.90 bits per heavy atom. The Balaban J connectivity index is 1.91. The summed E-state index contributed by atoms with van der Waals surface area (Å²) in [6.07, 6.45) is 0. The Bertz CT molecular complexity index is 560. The van der Waals surface area contributed by atoms with Crippen LogP contribution in [0.3, 0.4) is 0 Å². The summed E-state index contributed by atoms with van der Waals surface area (Å²) in [7, 11) is 1.85. The lowest BCUT2D eigenvalue weighted by atomic mass is 10.1. The van der Waals surface area contributed by atoms with E-state index in [2.05, 4.69) is 5.32 Å². The summed E-state index contributed by atoms with van der Waals surface area (Å²) in [5.74, 6) is 0.185. The van der Waals surface area contributed by atoms with Crippen LogP contribution in [-0.2, 0) is 11.3 Å². The SMILES string of the molecule is CNC(C)c1ccc(F)cc1OCOCc1ccccc1. The first-order chi connectivity index (χ1) is 10.2. The van der Waals surface area contributed by atoms with Crippen LogP contribution in [0.4, 0.5) is 4.39 Å². The van der Waals surface area contributed by atoms with Gasteiger partial charge in [-0.05, 0) is 25.6 Å². The molecule has 1 atom stereocenters. The zero-order valence-electron chi connectivity index (χ0n) is 12.3. The predicted molar refractivity (Wildman–Crippen MR) is 80.6 cm³/mol. The van der Waals surface area contributed by atoms with Crippen LogP contribution in [-0.4, -0.2) is 13.8 Å². The lowest BCUT2D eigenvalue weighted by Crippen LogP contribution is -2.14. The largest absolute Gasteiger partial charge is 0.467 e. The standard InChI is InChI=1S/C17H20FNO2/c1-13(19-2)16-9-8-15(18)10-17(16)21-12-20-11-14-6-4-3-5-7-14/h3-10,13,19H,11-12H2,1-2H3. The Labute approximate surface area is 124 Å². The molecule has 1 unspecified atom stereocenters. The predicted octanol–water partition coefficient (Wildman–Crippen LogP) is 3.66. The molecule has 0 aromatic heterocycles. The second kappa shape index (κ2) is 7.76. The fraction of sp³-hybridized carbons (Fsp3) is 0.294. The van der Waals surface area contributed by atoms with E-state index in [0.29, 0.717) is 12.4 Å². The number of halogens is 1. The molecule has 0 aliphatic rings.